The van der Waals surface area contributed by atoms with E-state index in [4.69, 9.17) is 0 Å². The lowest BCUT2D eigenvalue weighted by Gasteiger charge is -2.36. The molecule has 0 radical (unpaired) electrons. The fraction of sp³-hybridized carbons (Fsp3) is 0.733. The predicted octanol–water partition coefficient (Wildman–Crippen LogP) is 2.21. The summed E-state index contributed by atoms with van der Waals surface area (Å²) in [6, 6.07) is 0.501. The first-order valence-electron chi connectivity index (χ1n) is 7.71. The summed E-state index contributed by atoms with van der Waals surface area (Å²) in [5.74, 6) is 1.89. The SMILES string of the molecule is CCc1c(NC)ncnc1N(CCO)C1CCCCC1. The Hall–Kier alpha value is -1.36. The van der Waals surface area contributed by atoms with Gasteiger partial charge in [-0.15, -0.1) is 0 Å². The largest absolute Gasteiger partial charge is 0.395 e. The predicted molar refractivity (Wildman–Crippen MR) is 82.3 cm³/mol. The molecule has 5 heteroatoms. The van der Waals surface area contributed by atoms with Crippen molar-refractivity contribution in [1.29, 1.82) is 0 Å². The van der Waals surface area contributed by atoms with Gasteiger partial charge in [0.05, 0.1) is 6.61 Å². The zero-order chi connectivity index (χ0) is 14.4. The number of nitrogens with one attached hydrogen (secondary N) is 1. The van der Waals surface area contributed by atoms with E-state index < -0.39 is 0 Å². The number of aliphatic hydroxyl groups excluding tert-OH is 1. The molecule has 0 bridgehead atoms. The number of rotatable bonds is 6. The lowest BCUT2D eigenvalue weighted by Crippen LogP contribution is -2.40. The molecule has 2 N–H and O–H groups in total. The monoisotopic (exact) mass is 278 g/mol. The van der Waals surface area contributed by atoms with E-state index in [9.17, 15) is 5.11 Å². The molecule has 0 unspecified atom stereocenters. The average Bonchev–Trinajstić information content (AvgIpc) is 2.52. The van der Waals surface area contributed by atoms with Gasteiger partial charge in [0.1, 0.15) is 18.0 Å². The van der Waals surface area contributed by atoms with Crippen molar-refractivity contribution >= 4 is 11.6 Å². The standard InChI is InChI=1S/C15H26N4O/c1-3-13-14(16-2)17-11-18-15(13)19(9-10-20)12-7-5-4-6-8-12/h11-12,20H,3-10H2,1-2H3,(H,16,17,18). The molecular formula is C15H26N4O. The first-order valence-corrected chi connectivity index (χ1v) is 7.71. The van der Waals surface area contributed by atoms with Crippen molar-refractivity contribution in [3.63, 3.8) is 0 Å². The highest BCUT2D eigenvalue weighted by molar-refractivity contribution is 5.59. The Morgan fingerprint density at radius 3 is 2.65 bits per heavy atom. The number of nitrogens with zero attached hydrogens (tertiary/aromatic N) is 3. The molecule has 1 aromatic heterocycles. The Balaban J connectivity index is 2.32. The minimum absolute atomic E-state index is 0.165. The van der Waals surface area contributed by atoms with Crippen molar-refractivity contribution in [1.82, 2.24) is 9.97 Å². The van der Waals surface area contributed by atoms with Crippen LogP contribution in [0.3, 0.4) is 0 Å². The van der Waals surface area contributed by atoms with Gasteiger partial charge < -0.3 is 15.3 Å². The van der Waals surface area contributed by atoms with Gasteiger partial charge in [0.25, 0.3) is 0 Å². The molecule has 20 heavy (non-hydrogen) atoms. The summed E-state index contributed by atoms with van der Waals surface area (Å²) in [6.45, 7) is 2.94. The van der Waals surface area contributed by atoms with Crippen molar-refractivity contribution in [3.8, 4) is 0 Å². The van der Waals surface area contributed by atoms with Gasteiger partial charge in [-0.1, -0.05) is 26.2 Å². The Morgan fingerprint density at radius 2 is 2.05 bits per heavy atom. The number of hydrogen-bond acceptors (Lipinski definition) is 5. The zero-order valence-corrected chi connectivity index (χ0v) is 12.6. The third-order valence-electron chi connectivity index (χ3n) is 4.14. The number of anilines is 2. The molecule has 1 aromatic rings. The minimum atomic E-state index is 0.165. The summed E-state index contributed by atoms with van der Waals surface area (Å²) in [6.07, 6.45) is 8.78. The van der Waals surface area contributed by atoms with Crippen LogP contribution >= 0.6 is 0 Å². The van der Waals surface area contributed by atoms with E-state index in [-0.39, 0.29) is 6.61 Å². The van der Waals surface area contributed by atoms with Crippen LogP contribution in [0.4, 0.5) is 11.6 Å². The van der Waals surface area contributed by atoms with Crippen LogP contribution in [-0.2, 0) is 6.42 Å². The third kappa shape index (κ3) is 3.20. The quantitative estimate of drug-likeness (QED) is 0.835. The maximum atomic E-state index is 9.42. The van der Waals surface area contributed by atoms with Crippen molar-refractivity contribution in [3.05, 3.63) is 11.9 Å². The second kappa shape index (κ2) is 7.43. The zero-order valence-electron chi connectivity index (χ0n) is 12.6. The second-order valence-corrected chi connectivity index (χ2v) is 5.34. The second-order valence-electron chi connectivity index (χ2n) is 5.34. The summed E-state index contributed by atoms with van der Waals surface area (Å²) in [5, 5.41) is 12.6. The Morgan fingerprint density at radius 1 is 1.30 bits per heavy atom. The van der Waals surface area contributed by atoms with Gasteiger partial charge in [0, 0.05) is 25.2 Å². The average molecular weight is 278 g/mol. The van der Waals surface area contributed by atoms with Crippen LogP contribution in [0, 0.1) is 0 Å². The molecule has 0 atom stereocenters. The molecule has 1 saturated carbocycles. The van der Waals surface area contributed by atoms with Gasteiger partial charge >= 0.3 is 0 Å². The van der Waals surface area contributed by atoms with E-state index in [2.05, 4.69) is 27.1 Å². The van der Waals surface area contributed by atoms with Crippen LogP contribution in [0.1, 0.15) is 44.6 Å². The van der Waals surface area contributed by atoms with Crippen molar-refractivity contribution in [2.75, 3.05) is 30.4 Å². The molecule has 1 heterocycles. The molecule has 0 amide bonds. The van der Waals surface area contributed by atoms with Crippen LogP contribution in [0.5, 0.6) is 0 Å². The minimum Gasteiger partial charge on any atom is -0.395 e. The Kier molecular flexibility index (Phi) is 5.59. The van der Waals surface area contributed by atoms with Crippen LogP contribution in [0.15, 0.2) is 6.33 Å². The maximum absolute atomic E-state index is 9.42. The van der Waals surface area contributed by atoms with Gasteiger partial charge in [-0.05, 0) is 19.3 Å². The lowest BCUT2D eigenvalue weighted by molar-refractivity contribution is 0.289. The fourth-order valence-corrected chi connectivity index (χ4v) is 3.15. The molecule has 0 saturated heterocycles. The van der Waals surface area contributed by atoms with E-state index in [1.54, 1.807) is 6.33 Å². The molecule has 2 rings (SSSR count). The van der Waals surface area contributed by atoms with E-state index in [0.717, 1.165) is 23.6 Å². The third-order valence-corrected chi connectivity index (χ3v) is 4.14. The highest BCUT2D eigenvalue weighted by atomic mass is 16.3. The van der Waals surface area contributed by atoms with Gasteiger partial charge in [0.15, 0.2) is 0 Å². The Labute approximate surface area is 121 Å². The smallest absolute Gasteiger partial charge is 0.137 e. The molecule has 0 aromatic carbocycles. The van der Waals surface area contributed by atoms with Crippen molar-refractivity contribution in [2.24, 2.45) is 0 Å². The Bertz CT molecular complexity index is 418. The molecule has 0 spiro atoms. The number of aromatic nitrogens is 2. The fourth-order valence-electron chi connectivity index (χ4n) is 3.15. The summed E-state index contributed by atoms with van der Waals surface area (Å²) < 4.78 is 0. The molecular weight excluding hydrogens is 252 g/mol. The summed E-state index contributed by atoms with van der Waals surface area (Å²) in [4.78, 5) is 11.1. The van der Waals surface area contributed by atoms with Crippen LogP contribution in [-0.4, -0.2) is 41.3 Å². The van der Waals surface area contributed by atoms with E-state index in [1.165, 1.54) is 32.1 Å². The molecule has 1 fully saturated rings. The van der Waals surface area contributed by atoms with Crippen molar-refractivity contribution < 1.29 is 5.11 Å². The number of aliphatic hydroxyl groups is 1. The normalized spacial score (nSPS) is 16.1. The van der Waals surface area contributed by atoms with E-state index in [0.29, 0.717) is 12.6 Å². The summed E-state index contributed by atoms with van der Waals surface area (Å²) in [5.41, 5.74) is 1.15. The van der Waals surface area contributed by atoms with Gasteiger partial charge in [-0.3, -0.25) is 0 Å². The van der Waals surface area contributed by atoms with E-state index >= 15 is 0 Å². The highest BCUT2D eigenvalue weighted by Crippen LogP contribution is 2.30. The summed E-state index contributed by atoms with van der Waals surface area (Å²) >= 11 is 0. The molecule has 0 aliphatic heterocycles. The topological polar surface area (TPSA) is 61.3 Å². The summed E-state index contributed by atoms with van der Waals surface area (Å²) in [7, 11) is 1.89. The van der Waals surface area contributed by atoms with E-state index in [1.807, 2.05) is 7.05 Å². The molecule has 1 aliphatic rings. The van der Waals surface area contributed by atoms with Crippen LogP contribution in [0.2, 0.25) is 0 Å². The molecule has 1 aliphatic carbocycles. The highest BCUT2D eigenvalue weighted by Gasteiger charge is 2.24. The van der Waals surface area contributed by atoms with Gasteiger partial charge in [-0.25, -0.2) is 9.97 Å². The van der Waals surface area contributed by atoms with Crippen LogP contribution < -0.4 is 10.2 Å². The van der Waals surface area contributed by atoms with Gasteiger partial charge in [0.2, 0.25) is 0 Å². The maximum Gasteiger partial charge on any atom is 0.137 e. The van der Waals surface area contributed by atoms with Crippen molar-refractivity contribution in [2.45, 2.75) is 51.5 Å². The lowest BCUT2D eigenvalue weighted by atomic mass is 9.94. The first-order chi connectivity index (χ1) is 9.81. The van der Waals surface area contributed by atoms with Crippen LogP contribution in [0.25, 0.3) is 0 Å². The molecule has 112 valence electrons. The first kappa shape index (κ1) is 15.0. The molecule has 5 nitrogen and oxygen atoms in total. The number of hydrogen-bond donors (Lipinski definition) is 2. The van der Waals surface area contributed by atoms with Gasteiger partial charge in [-0.2, -0.15) is 0 Å².